The lowest BCUT2D eigenvalue weighted by molar-refractivity contribution is -0.118. The highest BCUT2D eigenvalue weighted by Gasteiger charge is 2.15. The van der Waals surface area contributed by atoms with Gasteiger partial charge >= 0.3 is 5.97 Å². The van der Waals surface area contributed by atoms with Gasteiger partial charge in [-0.15, -0.1) is 5.10 Å². The molecule has 0 aliphatic rings. The number of nitrogens with zero attached hydrogens (tertiary/aromatic N) is 2. The monoisotopic (exact) mass is 446 g/mol. The average Bonchev–Trinajstić information content (AvgIpc) is 2.85. The summed E-state index contributed by atoms with van der Waals surface area (Å²) in [5.41, 5.74) is 3.92. The van der Waals surface area contributed by atoms with Gasteiger partial charge in [-0.2, -0.15) is 0 Å². The number of aryl methyl sites for hydroxylation is 2. The maximum Gasteiger partial charge on any atom is 0.343 e. The van der Waals surface area contributed by atoms with Crippen molar-refractivity contribution in [1.29, 1.82) is 0 Å². The van der Waals surface area contributed by atoms with Crippen molar-refractivity contribution >= 4 is 18.3 Å². The molecule has 0 bridgehead atoms. The Morgan fingerprint density at radius 3 is 2.15 bits per heavy atom. The molecule has 0 unspecified atom stereocenters. The molecular formula is C27H30N2O4. The van der Waals surface area contributed by atoms with Gasteiger partial charge in [0.05, 0.1) is 19.2 Å². The quantitative estimate of drug-likeness (QED) is 0.120. The van der Waals surface area contributed by atoms with Crippen LogP contribution in [-0.4, -0.2) is 30.4 Å². The molecule has 0 aliphatic carbocycles. The summed E-state index contributed by atoms with van der Waals surface area (Å²) in [5, 5.41) is 5.55. The lowest BCUT2D eigenvalue weighted by Crippen LogP contribution is -2.20. The van der Waals surface area contributed by atoms with Crippen LogP contribution in [-0.2, 0) is 16.1 Å². The van der Waals surface area contributed by atoms with Gasteiger partial charge < -0.3 is 9.47 Å². The van der Waals surface area contributed by atoms with E-state index in [2.05, 4.69) is 5.10 Å². The van der Waals surface area contributed by atoms with Gasteiger partial charge in [0.25, 0.3) is 0 Å². The first-order valence-corrected chi connectivity index (χ1v) is 10.8. The number of benzene rings is 3. The standard InChI is InChI=1S/C25H24N2O4.C2H6/c1-18-9-12-20(13-10-18)24(30-3)26-27(17-28)16-22-15-19(2)11-14-23(22)31-25(29)21-7-5-4-6-8-21;1-2/h4-15,17H,16H2,1-3H3;1-2H3/b26-24-;. The van der Waals surface area contributed by atoms with Crippen LogP contribution in [0.1, 0.15) is 46.5 Å². The molecule has 0 saturated carbocycles. The number of hydrogen-bond donors (Lipinski definition) is 0. The van der Waals surface area contributed by atoms with E-state index in [1.54, 1.807) is 30.3 Å². The second-order valence-corrected chi connectivity index (χ2v) is 7.05. The van der Waals surface area contributed by atoms with Crippen LogP contribution >= 0.6 is 0 Å². The molecule has 0 N–H and O–H groups in total. The second-order valence-electron chi connectivity index (χ2n) is 7.05. The number of hydrazone groups is 1. The Kier molecular flexibility index (Phi) is 9.83. The molecule has 0 aromatic heterocycles. The molecule has 33 heavy (non-hydrogen) atoms. The minimum absolute atomic E-state index is 0.112. The molecule has 0 atom stereocenters. The first kappa shape index (κ1) is 25.3. The summed E-state index contributed by atoms with van der Waals surface area (Å²) in [6.07, 6.45) is 0.609. The van der Waals surface area contributed by atoms with E-state index in [1.165, 1.54) is 12.1 Å². The van der Waals surface area contributed by atoms with Gasteiger partial charge in [0, 0.05) is 11.1 Å². The lowest BCUT2D eigenvalue weighted by atomic mass is 10.1. The minimum atomic E-state index is -0.468. The summed E-state index contributed by atoms with van der Waals surface area (Å²) in [6, 6.07) is 21.8. The molecule has 0 radical (unpaired) electrons. The molecule has 6 nitrogen and oxygen atoms in total. The van der Waals surface area contributed by atoms with Gasteiger partial charge in [0.15, 0.2) is 0 Å². The van der Waals surface area contributed by atoms with E-state index < -0.39 is 5.97 Å². The molecule has 0 heterocycles. The van der Waals surface area contributed by atoms with Gasteiger partial charge in [0.2, 0.25) is 12.3 Å². The third kappa shape index (κ3) is 7.31. The Morgan fingerprint density at radius 1 is 0.909 bits per heavy atom. The van der Waals surface area contributed by atoms with Gasteiger partial charge in [0.1, 0.15) is 5.75 Å². The predicted molar refractivity (Wildman–Crippen MR) is 130 cm³/mol. The summed E-state index contributed by atoms with van der Waals surface area (Å²) in [7, 11) is 1.50. The van der Waals surface area contributed by atoms with Crippen molar-refractivity contribution in [2.45, 2.75) is 34.2 Å². The summed E-state index contributed by atoms with van der Waals surface area (Å²) in [5.74, 6) is 0.211. The molecule has 0 fully saturated rings. The Labute approximate surface area is 195 Å². The highest BCUT2D eigenvalue weighted by Crippen LogP contribution is 2.23. The van der Waals surface area contributed by atoms with E-state index >= 15 is 0 Å². The topological polar surface area (TPSA) is 68.2 Å². The van der Waals surface area contributed by atoms with E-state index in [-0.39, 0.29) is 6.54 Å². The van der Waals surface area contributed by atoms with Gasteiger partial charge in [-0.1, -0.05) is 67.4 Å². The van der Waals surface area contributed by atoms with Gasteiger partial charge in [-0.3, -0.25) is 4.79 Å². The fraction of sp³-hybridized carbons (Fsp3) is 0.222. The van der Waals surface area contributed by atoms with Crippen LogP contribution in [0.2, 0.25) is 0 Å². The number of esters is 1. The maximum absolute atomic E-state index is 12.5. The van der Waals surface area contributed by atoms with Gasteiger partial charge in [-0.05, 0) is 44.2 Å². The van der Waals surface area contributed by atoms with Crippen LogP contribution in [0.5, 0.6) is 5.75 Å². The Hall–Kier alpha value is -3.93. The molecule has 3 rings (SSSR count). The molecule has 1 amide bonds. The SMILES string of the molecule is CC.CO/C(=N\N(C=O)Cc1cc(C)ccc1OC(=O)c1ccccc1)c1ccc(C)cc1. The smallest absolute Gasteiger partial charge is 0.343 e. The van der Waals surface area contributed by atoms with Crippen molar-refractivity contribution in [3.8, 4) is 5.75 Å². The largest absolute Gasteiger partial charge is 0.480 e. The van der Waals surface area contributed by atoms with Crippen LogP contribution in [0.3, 0.4) is 0 Å². The fourth-order valence-electron chi connectivity index (χ4n) is 2.96. The third-order valence-corrected chi connectivity index (χ3v) is 4.59. The van der Waals surface area contributed by atoms with Crippen LogP contribution in [0.15, 0.2) is 77.9 Å². The van der Waals surface area contributed by atoms with E-state index in [0.29, 0.717) is 29.2 Å². The number of carbonyl (C=O) groups excluding carboxylic acids is 2. The number of carbonyl (C=O) groups is 2. The highest BCUT2D eigenvalue weighted by atomic mass is 16.5. The van der Waals surface area contributed by atoms with E-state index in [9.17, 15) is 9.59 Å². The van der Waals surface area contributed by atoms with Crippen LogP contribution in [0.25, 0.3) is 0 Å². The first-order valence-electron chi connectivity index (χ1n) is 10.8. The first-order chi connectivity index (χ1) is 16.0. The summed E-state index contributed by atoms with van der Waals surface area (Å²) < 4.78 is 11.0. The second kappa shape index (κ2) is 12.8. The minimum Gasteiger partial charge on any atom is -0.480 e. The molecular weight excluding hydrogens is 416 g/mol. The Balaban J connectivity index is 0.00000187. The van der Waals surface area contributed by atoms with Crippen molar-refractivity contribution in [1.82, 2.24) is 5.01 Å². The van der Waals surface area contributed by atoms with Gasteiger partial charge in [-0.25, -0.2) is 9.80 Å². The zero-order valence-electron chi connectivity index (χ0n) is 19.7. The third-order valence-electron chi connectivity index (χ3n) is 4.59. The molecule has 6 heteroatoms. The molecule has 0 saturated heterocycles. The average molecular weight is 447 g/mol. The Morgan fingerprint density at radius 2 is 1.55 bits per heavy atom. The van der Waals surface area contributed by atoms with Crippen LogP contribution in [0, 0.1) is 13.8 Å². The van der Waals surface area contributed by atoms with Crippen molar-refractivity contribution in [3.63, 3.8) is 0 Å². The van der Waals surface area contributed by atoms with Crippen molar-refractivity contribution < 1.29 is 19.1 Å². The number of rotatable bonds is 7. The summed E-state index contributed by atoms with van der Waals surface area (Å²) in [6.45, 7) is 8.02. The zero-order chi connectivity index (χ0) is 24.2. The Bertz CT molecular complexity index is 1080. The molecule has 0 spiro atoms. The summed E-state index contributed by atoms with van der Waals surface area (Å²) >= 11 is 0. The maximum atomic E-state index is 12.5. The molecule has 0 aliphatic heterocycles. The predicted octanol–water partition coefficient (Wildman–Crippen LogP) is 5.52. The van der Waals surface area contributed by atoms with E-state index in [4.69, 9.17) is 9.47 Å². The number of hydrogen-bond acceptors (Lipinski definition) is 5. The number of amides is 1. The van der Waals surface area contributed by atoms with Crippen LogP contribution in [0.4, 0.5) is 0 Å². The lowest BCUT2D eigenvalue weighted by Gasteiger charge is -2.17. The van der Waals surface area contributed by atoms with Crippen molar-refractivity contribution in [2.75, 3.05) is 7.11 Å². The van der Waals surface area contributed by atoms with E-state index in [0.717, 1.165) is 16.7 Å². The zero-order valence-corrected chi connectivity index (χ0v) is 19.7. The van der Waals surface area contributed by atoms with E-state index in [1.807, 2.05) is 70.2 Å². The molecule has 172 valence electrons. The highest BCUT2D eigenvalue weighted by molar-refractivity contribution is 5.94. The normalized spacial score (nSPS) is 10.5. The summed E-state index contributed by atoms with van der Waals surface area (Å²) in [4.78, 5) is 24.2. The van der Waals surface area contributed by atoms with Crippen LogP contribution < -0.4 is 4.74 Å². The molecule has 3 aromatic carbocycles. The number of ether oxygens (including phenoxy) is 2. The van der Waals surface area contributed by atoms with Crippen molar-refractivity contribution in [3.05, 3.63) is 101 Å². The molecule has 3 aromatic rings. The fourth-order valence-corrected chi connectivity index (χ4v) is 2.96. The number of methoxy groups -OCH3 is 1. The van der Waals surface area contributed by atoms with Crippen molar-refractivity contribution in [2.24, 2.45) is 5.10 Å².